The van der Waals surface area contributed by atoms with Crippen molar-refractivity contribution in [1.82, 2.24) is 14.5 Å². The highest BCUT2D eigenvalue weighted by atomic mass is 19.3. The van der Waals surface area contributed by atoms with Gasteiger partial charge in [0.25, 0.3) is 6.43 Å². The van der Waals surface area contributed by atoms with Crippen molar-refractivity contribution in [1.29, 1.82) is 0 Å². The first-order chi connectivity index (χ1) is 15.9. The molecule has 0 bridgehead atoms. The topological polar surface area (TPSA) is 64.3 Å². The summed E-state index contributed by atoms with van der Waals surface area (Å²) in [6.45, 7) is 6.52. The number of anilines is 1. The van der Waals surface area contributed by atoms with Crippen molar-refractivity contribution in [3.63, 3.8) is 0 Å². The molecule has 0 unspecified atom stereocenters. The number of pyridine rings is 1. The Morgan fingerprint density at radius 3 is 2.70 bits per heavy atom. The molecule has 5 rings (SSSR count). The molecule has 9 heteroatoms. The number of aromatic nitrogens is 3. The summed E-state index contributed by atoms with van der Waals surface area (Å²) in [5.74, 6) is 1.83. The standard InChI is InChI=1S/C24H26F3N5O/c1-13(16-4-3-5-17(20(16)25)21(26)27)29-22-19-12-18(15-6-10-33-11-7-15)23-28-8-9-32(23)24(19)31-14(2)30-22/h3-5,12-13,15,21,28H,6-11H2,1-2H3/t13-/m1/s1. The van der Waals surface area contributed by atoms with E-state index in [1.807, 2.05) is 0 Å². The summed E-state index contributed by atoms with van der Waals surface area (Å²) in [7, 11) is 0. The number of rotatable bonds is 4. The van der Waals surface area contributed by atoms with Crippen LogP contribution in [0.3, 0.4) is 0 Å². The van der Waals surface area contributed by atoms with Gasteiger partial charge in [0.2, 0.25) is 0 Å². The van der Waals surface area contributed by atoms with Gasteiger partial charge >= 0.3 is 0 Å². The van der Waals surface area contributed by atoms with Crippen molar-refractivity contribution in [2.45, 2.75) is 51.6 Å². The highest BCUT2D eigenvalue weighted by Crippen LogP contribution is 2.38. The SMILES string of the molecule is Cc1nc2n3c(c(C4CCOCC4)cc-2c(=N[C@H](C)c2cccc(C(F)F)c2F)n1)NCC3. The second-order valence-corrected chi connectivity index (χ2v) is 8.60. The number of hydrogen-bond donors (Lipinski definition) is 1. The van der Waals surface area contributed by atoms with Gasteiger partial charge in [-0.05, 0) is 44.2 Å². The van der Waals surface area contributed by atoms with E-state index in [1.165, 1.54) is 17.7 Å². The first-order valence-electron chi connectivity index (χ1n) is 11.3. The van der Waals surface area contributed by atoms with Crippen LogP contribution in [0.4, 0.5) is 19.0 Å². The average Bonchev–Trinajstić information content (AvgIpc) is 3.29. The molecule has 1 fully saturated rings. The maximum atomic E-state index is 14.8. The molecule has 33 heavy (non-hydrogen) atoms. The lowest BCUT2D eigenvalue weighted by Gasteiger charge is -2.26. The van der Waals surface area contributed by atoms with Gasteiger partial charge in [0.1, 0.15) is 23.3 Å². The number of aryl methyl sites for hydroxylation is 1. The molecule has 0 aromatic heterocycles. The largest absolute Gasteiger partial charge is 0.381 e. The summed E-state index contributed by atoms with van der Waals surface area (Å²) in [6, 6.07) is 5.44. The molecule has 4 aliphatic heterocycles. The molecule has 0 amide bonds. The normalized spacial score (nSPS) is 18.1. The van der Waals surface area contributed by atoms with Crippen molar-refractivity contribution in [3.05, 3.63) is 58.1 Å². The molecule has 1 saturated heterocycles. The fourth-order valence-electron chi connectivity index (χ4n) is 4.80. The van der Waals surface area contributed by atoms with E-state index in [0.717, 1.165) is 62.4 Å². The van der Waals surface area contributed by atoms with Crippen LogP contribution < -0.4 is 10.8 Å². The predicted octanol–water partition coefficient (Wildman–Crippen LogP) is 4.75. The zero-order valence-corrected chi connectivity index (χ0v) is 18.6. The molecule has 0 aliphatic carbocycles. The van der Waals surface area contributed by atoms with Crippen molar-refractivity contribution in [3.8, 4) is 11.4 Å². The van der Waals surface area contributed by atoms with E-state index in [1.54, 1.807) is 13.8 Å². The van der Waals surface area contributed by atoms with Crippen molar-refractivity contribution in [2.75, 3.05) is 25.1 Å². The molecule has 1 aromatic carbocycles. The Balaban J connectivity index is 1.67. The smallest absolute Gasteiger partial charge is 0.266 e. The minimum absolute atomic E-state index is 0.123. The van der Waals surface area contributed by atoms with Gasteiger partial charge in [-0.15, -0.1) is 0 Å². The van der Waals surface area contributed by atoms with Crippen LogP contribution in [0.5, 0.6) is 0 Å². The van der Waals surface area contributed by atoms with Crippen LogP contribution in [0, 0.1) is 12.7 Å². The zero-order chi connectivity index (χ0) is 23.1. The van der Waals surface area contributed by atoms with Gasteiger partial charge in [0, 0.05) is 31.9 Å². The van der Waals surface area contributed by atoms with Gasteiger partial charge in [-0.1, -0.05) is 18.2 Å². The minimum atomic E-state index is -2.88. The van der Waals surface area contributed by atoms with E-state index in [4.69, 9.17) is 9.73 Å². The Morgan fingerprint density at radius 2 is 1.94 bits per heavy atom. The molecule has 1 aromatic rings. The molecule has 6 nitrogen and oxygen atoms in total. The van der Waals surface area contributed by atoms with Gasteiger partial charge in [-0.25, -0.2) is 23.1 Å². The molecule has 1 atom stereocenters. The fourth-order valence-corrected chi connectivity index (χ4v) is 4.80. The minimum Gasteiger partial charge on any atom is -0.381 e. The van der Waals surface area contributed by atoms with Gasteiger partial charge < -0.3 is 14.6 Å². The number of ether oxygens (including phenoxy) is 1. The molecule has 0 spiro atoms. The van der Waals surface area contributed by atoms with Gasteiger partial charge in [-0.3, -0.25) is 4.99 Å². The summed E-state index contributed by atoms with van der Waals surface area (Å²) in [5.41, 5.74) is 1.93. The molecular formula is C24H26F3N5O. The van der Waals surface area contributed by atoms with Crippen molar-refractivity contribution >= 4 is 5.82 Å². The third-order valence-electron chi connectivity index (χ3n) is 6.46. The van der Waals surface area contributed by atoms with Crippen LogP contribution >= 0.6 is 0 Å². The Bertz CT molecular complexity index is 1220. The summed E-state index contributed by atoms with van der Waals surface area (Å²) < 4.78 is 48.9. The lowest BCUT2D eigenvalue weighted by molar-refractivity contribution is 0.0854. The van der Waals surface area contributed by atoms with Crippen LogP contribution in [0.15, 0.2) is 29.3 Å². The van der Waals surface area contributed by atoms with E-state index in [2.05, 4.69) is 25.9 Å². The monoisotopic (exact) mass is 457 g/mol. The summed E-state index contributed by atoms with van der Waals surface area (Å²) >= 11 is 0. The summed E-state index contributed by atoms with van der Waals surface area (Å²) in [4.78, 5) is 13.9. The molecule has 1 N–H and O–H groups in total. The Morgan fingerprint density at radius 1 is 1.18 bits per heavy atom. The van der Waals surface area contributed by atoms with Crippen LogP contribution in [-0.4, -0.2) is 34.3 Å². The zero-order valence-electron chi connectivity index (χ0n) is 18.6. The second kappa shape index (κ2) is 8.78. The van der Waals surface area contributed by atoms with Crippen molar-refractivity contribution < 1.29 is 17.9 Å². The van der Waals surface area contributed by atoms with E-state index >= 15 is 0 Å². The summed E-state index contributed by atoms with van der Waals surface area (Å²) in [6.07, 6.45) is -1.02. The predicted molar refractivity (Wildman–Crippen MR) is 118 cm³/mol. The van der Waals surface area contributed by atoms with Crippen LogP contribution in [0.25, 0.3) is 11.4 Å². The number of fused-ring (bicyclic) bond motifs is 3. The van der Waals surface area contributed by atoms with Crippen LogP contribution in [0.1, 0.15) is 60.7 Å². The molecular weight excluding hydrogens is 431 g/mol. The molecule has 0 saturated carbocycles. The maximum absolute atomic E-state index is 14.8. The Kier molecular flexibility index (Phi) is 5.82. The molecule has 4 aliphatic rings. The quantitative estimate of drug-likeness (QED) is 0.614. The maximum Gasteiger partial charge on any atom is 0.266 e. The first-order valence-corrected chi connectivity index (χ1v) is 11.3. The van der Waals surface area contributed by atoms with Crippen LogP contribution in [0.2, 0.25) is 0 Å². The highest BCUT2D eigenvalue weighted by Gasteiger charge is 2.28. The molecule has 4 heterocycles. The average molecular weight is 458 g/mol. The first kappa shape index (κ1) is 21.9. The van der Waals surface area contributed by atoms with E-state index in [-0.39, 0.29) is 5.56 Å². The fraction of sp³-hybridized carbons (Fsp3) is 0.458. The van der Waals surface area contributed by atoms with Crippen molar-refractivity contribution in [2.24, 2.45) is 4.99 Å². The number of nitrogens with one attached hydrogen (secondary N) is 1. The lowest BCUT2D eigenvalue weighted by Crippen LogP contribution is -2.23. The van der Waals surface area contributed by atoms with Gasteiger partial charge in [0.15, 0.2) is 5.49 Å². The molecule has 174 valence electrons. The van der Waals surface area contributed by atoms with Crippen LogP contribution in [-0.2, 0) is 11.3 Å². The van der Waals surface area contributed by atoms with E-state index in [9.17, 15) is 13.2 Å². The third kappa shape index (κ3) is 3.99. The third-order valence-corrected chi connectivity index (χ3v) is 6.46. The lowest BCUT2D eigenvalue weighted by atomic mass is 9.90. The number of halogens is 3. The number of hydrogen-bond acceptors (Lipinski definition) is 5. The van der Waals surface area contributed by atoms with E-state index < -0.39 is 23.8 Å². The summed E-state index contributed by atoms with van der Waals surface area (Å²) in [5, 5.41) is 3.50. The van der Waals surface area contributed by atoms with E-state index in [0.29, 0.717) is 17.2 Å². The van der Waals surface area contributed by atoms with Gasteiger partial charge in [0.05, 0.1) is 17.2 Å². The van der Waals surface area contributed by atoms with Gasteiger partial charge in [-0.2, -0.15) is 0 Å². The Labute approximate surface area is 189 Å². The molecule has 0 radical (unpaired) electrons. The number of alkyl halides is 2. The number of nitrogens with zero attached hydrogens (tertiary/aromatic N) is 4. The highest BCUT2D eigenvalue weighted by molar-refractivity contribution is 5.66. The Hall–Kier alpha value is -2.94. The number of benzene rings is 1. The second-order valence-electron chi connectivity index (χ2n) is 8.60.